The maximum Gasteiger partial charge on any atom is 0.130 e. The lowest BCUT2D eigenvalue weighted by Crippen LogP contribution is -1.98. The highest BCUT2D eigenvalue weighted by Gasteiger charge is 2.20. The lowest BCUT2D eigenvalue weighted by molar-refractivity contribution is 0.781. The van der Waals surface area contributed by atoms with E-state index >= 15 is 0 Å². The minimum absolute atomic E-state index is 0.527. The Labute approximate surface area is 132 Å². The Morgan fingerprint density at radius 3 is 2.62 bits per heavy atom. The molecule has 0 spiro atoms. The lowest BCUT2D eigenvalue weighted by Gasteiger charge is -2.06. The summed E-state index contributed by atoms with van der Waals surface area (Å²) in [6, 6.07) is 10.9. The number of rotatable bonds is 2. The highest BCUT2D eigenvalue weighted by molar-refractivity contribution is 6.36. The zero-order valence-corrected chi connectivity index (χ0v) is 12.7. The number of hydrogen-bond acceptors (Lipinski definition) is 3. The number of hydrogen-bond donors (Lipinski definition) is 1. The molecule has 0 aliphatic rings. The van der Waals surface area contributed by atoms with Gasteiger partial charge in [-0.15, -0.1) is 0 Å². The molecule has 0 saturated heterocycles. The van der Waals surface area contributed by atoms with E-state index in [1.807, 2.05) is 24.3 Å². The number of benzene rings is 1. The fraction of sp³-hybridized carbons (Fsp3) is 0.0667. The van der Waals surface area contributed by atoms with Gasteiger partial charge in [0, 0.05) is 23.8 Å². The normalized spacial score (nSPS) is 10.8. The Bertz CT molecular complexity index is 797. The number of aromatic nitrogens is 3. The van der Waals surface area contributed by atoms with Crippen molar-refractivity contribution in [2.45, 2.75) is 0 Å². The minimum atomic E-state index is 0.527. The first-order valence-corrected chi connectivity index (χ1v) is 7.03. The number of anilines is 1. The first kappa shape index (κ1) is 13.9. The zero-order chi connectivity index (χ0) is 15.0. The largest absolute Gasteiger partial charge is 0.383 e. The molecule has 0 saturated carbocycles. The van der Waals surface area contributed by atoms with E-state index in [4.69, 9.17) is 28.9 Å². The second-order valence-electron chi connectivity index (χ2n) is 4.57. The summed E-state index contributed by atoms with van der Waals surface area (Å²) in [7, 11) is 1.79. The molecule has 1 aromatic carbocycles. The fourth-order valence-corrected chi connectivity index (χ4v) is 2.68. The van der Waals surface area contributed by atoms with E-state index in [1.165, 1.54) is 0 Å². The van der Waals surface area contributed by atoms with Crippen LogP contribution in [0.5, 0.6) is 0 Å². The van der Waals surface area contributed by atoms with Gasteiger partial charge < -0.3 is 5.73 Å². The number of halogens is 2. The molecule has 21 heavy (non-hydrogen) atoms. The molecule has 0 aliphatic carbocycles. The molecule has 0 unspecified atom stereocenters. The fourth-order valence-electron chi connectivity index (χ4n) is 2.18. The van der Waals surface area contributed by atoms with E-state index in [-0.39, 0.29) is 0 Å². The minimum Gasteiger partial charge on any atom is -0.383 e. The molecule has 106 valence electrons. The third kappa shape index (κ3) is 2.48. The molecule has 0 bridgehead atoms. The van der Waals surface area contributed by atoms with Crippen LogP contribution in [0.1, 0.15) is 0 Å². The molecule has 0 fully saturated rings. The Balaban J connectivity index is 2.27. The number of aryl methyl sites for hydroxylation is 1. The van der Waals surface area contributed by atoms with Crippen molar-refractivity contribution in [3.8, 4) is 22.5 Å². The van der Waals surface area contributed by atoms with Crippen LogP contribution in [0.25, 0.3) is 22.5 Å². The summed E-state index contributed by atoms with van der Waals surface area (Å²) in [6.45, 7) is 0. The molecule has 4 nitrogen and oxygen atoms in total. The summed E-state index contributed by atoms with van der Waals surface area (Å²) in [5, 5.41) is 5.56. The van der Waals surface area contributed by atoms with Gasteiger partial charge in [0.15, 0.2) is 0 Å². The van der Waals surface area contributed by atoms with Crippen molar-refractivity contribution in [3.63, 3.8) is 0 Å². The molecule has 2 N–H and O–H groups in total. The van der Waals surface area contributed by atoms with E-state index in [0.717, 1.165) is 16.8 Å². The maximum atomic E-state index is 6.31. The molecular formula is C15H12Cl2N4. The highest BCUT2D eigenvalue weighted by Crippen LogP contribution is 2.39. The van der Waals surface area contributed by atoms with Gasteiger partial charge in [0.05, 0.1) is 16.3 Å². The molecule has 2 aromatic heterocycles. The van der Waals surface area contributed by atoms with Crippen LogP contribution < -0.4 is 5.73 Å². The van der Waals surface area contributed by atoms with E-state index in [9.17, 15) is 0 Å². The van der Waals surface area contributed by atoms with Gasteiger partial charge in [-0.25, -0.2) is 0 Å². The molecule has 0 amide bonds. The average molecular weight is 319 g/mol. The molecule has 0 atom stereocenters. The van der Waals surface area contributed by atoms with Gasteiger partial charge in [0.1, 0.15) is 11.5 Å². The van der Waals surface area contributed by atoms with Gasteiger partial charge in [-0.2, -0.15) is 5.10 Å². The van der Waals surface area contributed by atoms with Gasteiger partial charge >= 0.3 is 0 Å². The summed E-state index contributed by atoms with van der Waals surface area (Å²) in [5.41, 5.74) is 9.14. The Morgan fingerprint density at radius 1 is 1.14 bits per heavy atom. The van der Waals surface area contributed by atoms with Crippen molar-refractivity contribution in [2.75, 3.05) is 5.73 Å². The van der Waals surface area contributed by atoms with Gasteiger partial charge in [-0.3, -0.25) is 9.67 Å². The topological polar surface area (TPSA) is 56.7 Å². The molecule has 2 heterocycles. The van der Waals surface area contributed by atoms with Gasteiger partial charge in [0.2, 0.25) is 0 Å². The van der Waals surface area contributed by atoms with Gasteiger partial charge in [-0.05, 0) is 24.3 Å². The third-order valence-corrected chi connectivity index (χ3v) is 3.75. The van der Waals surface area contributed by atoms with Crippen molar-refractivity contribution < 1.29 is 0 Å². The molecule has 0 radical (unpaired) electrons. The first-order chi connectivity index (χ1) is 10.1. The average Bonchev–Trinajstić information content (AvgIpc) is 2.76. The van der Waals surface area contributed by atoms with Gasteiger partial charge in [0.25, 0.3) is 0 Å². The second kappa shape index (κ2) is 5.39. The zero-order valence-electron chi connectivity index (χ0n) is 11.2. The molecule has 3 aromatic rings. The molecule has 0 aliphatic heterocycles. The monoisotopic (exact) mass is 318 g/mol. The summed E-state index contributed by atoms with van der Waals surface area (Å²) in [5.74, 6) is 0.528. The van der Waals surface area contributed by atoms with Crippen LogP contribution in [0.3, 0.4) is 0 Å². The predicted octanol–water partition coefficient (Wildman–Crippen LogP) is 4.04. The highest BCUT2D eigenvalue weighted by atomic mass is 35.5. The van der Waals surface area contributed by atoms with E-state index in [1.54, 1.807) is 30.1 Å². The van der Waals surface area contributed by atoms with E-state index in [2.05, 4.69) is 10.1 Å². The van der Waals surface area contributed by atoms with E-state index in [0.29, 0.717) is 21.6 Å². The first-order valence-electron chi connectivity index (χ1n) is 6.27. The van der Waals surface area contributed by atoms with E-state index < -0.39 is 0 Å². The number of nitrogens with zero attached hydrogens (tertiary/aromatic N) is 3. The summed E-state index contributed by atoms with van der Waals surface area (Å²) in [6.07, 6.45) is 1.72. The van der Waals surface area contributed by atoms with Crippen LogP contribution in [0.4, 0.5) is 5.82 Å². The Morgan fingerprint density at radius 2 is 1.95 bits per heavy atom. The molecule has 6 heteroatoms. The van der Waals surface area contributed by atoms with Crippen molar-refractivity contribution in [1.29, 1.82) is 0 Å². The number of nitrogen functional groups attached to an aromatic ring is 1. The SMILES string of the molecule is Cn1nc(-c2ccccn2)c(-c2ccc(Cl)cc2Cl)c1N. The van der Waals surface area contributed by atoms with Crippen LogP contribution >= 0.6 is 23.2 Å². The van der Waals surface area contributed by atoms with Crippen molar-refractivity contribution >= 4 is 29.0 Å². The maximum absolute atomic E-state index is 6.31. The van der Waals surface area contributed by atoms with Crippen LogP contribution in [0.2, 0.25) is 10.0 Å². The van der Waals surface area contributed by atoms with Crippen molar-refractivity contribution in [3.05, 3.63) is 52.6 Å². The molecule has 3 rings (SSSR count). The van der Waals surface area contributed by atoms with Gasteiger partial charge in [-0.1, -0.05) is 35.3 Å². The van der Waals surface area contributed by atoms with Crippen molar-refractivity contribution in [1.82, 2.24) is 14.8 Å². The summed E-state index contributed by atoms with van der Waals surface area (Å²) < 4.78 is 1.62. The smallest absolute Gasteiger partial charge is 0.130 e. The van der Waals surface area contributed by atoms with Crippen LogP contribution in [0, 0.1) is 0 Å². The van der Waals surface area contributed by atoms with Crippen LogP contribution in [0.15, 0.2) is 42.6 Å². The second-order valence-corrected chi connectivity index (χ2v) is 5.42. The van der Waals surface area contributed by atoms with Crippen molar-refractivity contribution in [2.24, 2.45) is 7.05 Å². The number of nitrogens with two attached hydrogens (primary N) is 1. The predicted molar refractivity (Wildman–Crippen MR) is 86.3 cm³/mol. The lowest BCUT2D eigenvalue weighted by atomic mass is 10.0. The van der Waals surface area contributed by atoms with Crippen LogP contribution in [-0.4, -0.2) is 14.8 Å². The summed E-state index contributed by atoms with van der Waals surface area (Å²) >= 11 is 12.3. The quantitative estimate of drug-likeness (QED) is 0.775. The Hall–Kier alpha value is -2.04. The third-order valence-electron chi connectivity index (χ3n) is 3.20. The Kier molecular flexibility index (Phi) is 3.57. The van der Waals surface area contributed by atoms with Crippen LogP contribution in [-0.2, 0) is 7.05 Å². The standard InChI is InChI=1S/C15H12Cl2N4/c1-21-15(18)13(10-6-5-9(16)8-11(10)17)14(20-21)12-4-2-3-7-19-12/h2-8H,18H2,1H3. The summed E-state index contributed by atoms with van der Waals surface area (Å²) in [4.78, 5) is 4.34. The number of pyridine rings is 1. The molecular weight excluding hydrogens is 307 g/mol.